The molecule has 0 aliphatic heterocycles. The van der Waals surface area contributed by atoms with Gasteiger partial charge < -0.3 is 0 Å². The number of nitrogens with two attached hydrogens (primary N) is 1. The highest BCUT2D eigenvalue weighted by molar-refractivity contribution is 8.11. The zero-order chi connectivity index (χ0) is 16.9. The first-order valence-electron chi connectivity index (χ1n) is 6.97. The van der Waals surface area contributed by atoms with Gasteiger partial charge in [0, 0.05) is 11.9 Å². The Hall–Kier alpha value is -2.97. The van der Waals surface area contributed by atoms with Gasteiger partial charge in [-0.25, -0.2) is 10.4 Å². The quantitative estimate of drug-likeness (QED) is 0.432. The number of amides is 1. The van der Waals surface area contributed by atoms with Crippen molar-refractivity contribution in [1.29, 1.82) is 0 Å². The molecule has 1 aromatic heterocycles. The average Bonchev–Trinajstić information content (AvgIpc) is 2.62. The predicted molar refractivity (Wildman–Crippen MR) is 95.2 cm³/mol. The average molecular weight is 339 g/mol. The smallest absolute Gasteiger partial charge is 0.269 e. The van der Waals surface area contributed by atoms with Gasteiger partial charge in [-0.05, 0) is 24.3 Å². The third-order valence-corrected chi connectivity index (χ3v) is 3.56. The third-order valence-electron chi connectivity index (χ3n) is 3.26. The molecule has 8 heteroatoms. The maximum Gasteiger partial charge on any atom is 0.313 e. The molecule has 24 heavy (non-hydrogen) atoms. The molecule has 2 aromatic carbocycles. The summed E-state index contributed by atoms with van der Waals surface area (Å²) in [7, 11) is 0. The van der Waals surface area contributed by atoms with E-state index < -0.39 is 5.24 Å². The molecule has 0 unspecified atom stereocenters. The molecule has 0 atom stereocenters. The second kappa shape index (κ2) is 7.07. The van der Waals surface area contributed by atoms with E-state index in [4.69, 9.17) is 5.14 Å². The summed E-state index contributed by atoms with van der Waals surface area (Å²) in [5.74, 6) is 0.298. The number of benzene rings is 2. The Balaban J connectivity index is 2.19. The van der Waals surface area contributed by atoms with Crippen molar-refractivity contribution in [2.24, 2.45) is 10.2 Å². The lowest BCUT2D eigenvalue weighted by atomic mass is 10.2. The van der Waals surface area contributed by atoms with Crippen LogP contribution in [0.4, 0.5) is 4.79 Å². The van der Waals surface area contributed by atoms with Crippen LogP contribution in [0.2, 0.25) is 0 Å². The molecule has 3 rings (SSSR count). The summed E-state index contributed by atoms with van der Waals surface area (Å²) < 4.78 is 1.44. The molecule has 1 heterocycles. The Labute approximate surface area is 141 Å². The number of hydrazone groups is 1. The van der Waals surface area contributed by atoms with Gasteiger partial charge in [0.25, 0.3) is 5.56 Å². The van der Waals surface area contributed by atoms with Gasteiger partial charge in [-0.15, -0.1) is 0 Å². The van der Waals surface area contributed by atoms with E-state index in [9.17, 15) is 9.59 Å². The standard InChI is InChI=1S/C16H13N5O2S/c17-24-16(23)20-18-10-14-19-13-9-5-4-8-12(13)15(22)21(14)11-6-2-1-3-7-11/h1-10H,17H2,(H,20,23)/b18-10+. The number of fused-ring (bicyclic) bond motifs is 1. The fraction of sp³-hybridized carbons (Fsp3) is 0. The number of carbonyl (C=O) groups is 1. The molecule has 120 valence electrons. The Morgan fingerprint density at radius 2 is 1.88 bits per heavy atom. The summed E-state index contributed by atoms with van der Waals surface area (Å²) in [6.07, 6.45) is 1.31. The van der Waals surface area contributed by atoms with Gasteiger partial charge in [-0.2, -0.15) is 5.10 Å². The molecular formula is C16H13N5O2S. The summed E-state index contributed by atoms with van der Waals surface area (Å²) in [5, 5.41) is 8.92. The number of carbonyl (C=O) groups excluding carboxylic acids is 1. The van der Waals surface area contributed by atoms with E-state index in [0.29, 0.717) is 34.4 Å². The fourth-order valence-electron chi connectivity index (χ4n) is 2.23. The lowest BCUT2D eigenvalue weighted by Gasteiger charge is -2.10. The van der Waals surface area contributed by atoms with Crippen LogP contribution in [0.15, 0.2) is 64.5 Å². The van der Waals surface area contributed by atoms with E-state index in [-0.39, 0.29) is 5.56 Å². The van der Waals surface area contributed by atoms with Crippen LogP contribution in [0.25, 0.3) is 16.6 Å². The highest BCUT2D eigenvalue weighted by atomic mass is 32.2. The molecule has 3 aromatic rings. The molecule has 0 aliphatic carbocycles. The molecule has 0 saturated heterocycles. The number of para-hydroxylation sites is 2. The van der Waals surface area contributed by atoms with Crippen molar-refractivity contribution < 1.29 is 4.79 Å². The van der Waals surface area contributed by atoms with E-state index in [1.807, 2.05) is 18.2 Å². The summed E-state index contributed by atoms with van der Waals surface area (Å²) >= 11 is 0.514. The summed E-state index contributed by atoms with van der Waals surface area (Å²) in [5.41, 5.74) is 3.23. The minimum atomic E-state index is -0.513. The van der Waals surface area contributed by atoms with Crippen LogP contribution < -0.4 is 16.1 Å². The van der Waals surface area contributed by atoms with Crippen LogP contribution >= 0.6 is 11.9 Å². The molecule has 0 aliphatic rings. The van der Waals surface area contributed by atoms with Crippen molar-refractivity contribution in [3.8, 4) is 5.69 Å². The molecule has 0 spiro atoms. The van der Waals surface area contributed by atoms with E-state index in [1.54, 1.807) is 36.4 Å². The summed E-state index contributed by atoms with van der Waals surface area (Å²) in [6.45, 7) is 0. The number of aromatic nitrogens is 2. The Morgan fingerprint density at radius 1 is 1.17 bits per heavy atom. The molecule has 0 saturated carbocycles. The lowest BCUT2D eigenvalue weighted by Crippen LogP contribution is -2.24. The van der Waals surface area contributed by atoms with Gasteiger partial charge in [0.15, 0.2) is 5.82 Å². The molecular weight excluding hydrogens is 326 g/mol. The van der Waals surface area contributed by atoms with Crippen molar-refractivity contribution in [1.82, 2.24) is 15.0 Å². The number of rotatable bonds is 3. The highest BCUT2D eigenvalue weighted by Crippen LogP contribution is 2.11. The molecule has 7 nitrogen and oxygen atoms in total. The largest absolute Gasteiger partial charge is 0.313 e. The van der Waals surface area contributed by atoms with Crippen LogP contribution in [-0.2, 0) is 0 Å². The van der Waals surface area contributed by atoms with E-state index >= 15 is 0 Å². The maximum absolute atomic E-state index is 12.9. The normalized spacial score (nSPS) is 11.0. The Kier molecular flexibility index (Phi) is 4.69. The third kappa shape index (κ3) is 3.19. The molecule has 0 fully saturated rings. The van der Waals surface area contributed by atoms with Crippen LogP contribution in [-0.4, -0.2) is 21.0 Å². The van der Waals surface area contributed by atoms with Crippen molar-refractivity contribution in [2.45, 2.75) is 0 Å². The van der Waals surface area contributed by atoms with Gasteiger partial charge in [0.2, 0.25) is 0 Å². The zero-order valence-corrected chi connectivity index (χ0v) is 13.2. The monoisotopic (exact) mass is 339 g/mol. The van der Waals surface area contributed by atoms with Gasteiger partial charge in [0.1, 0.15) is 0 Å². The SMILES string of the molecule is NSC(=O)N/N=C/c1nc2ccccc2c(=O)n1-c1ccccc1. The van der Waals surface area contributed by atoms with Crippen LogP contribution in [0, 0.1) is 0 Å². The fourth-order valence-corrected chi connectivity index (χ4v) is 2.34. The van der Waals surface area contributed by atoms with Crippen molar-refractivity contribution >= 4 is 34.3 Å². The molecule has 0 radical (unpaired) electrons. The number of hydrogen-bond acceptors (Lipinski definition) is 6. The van der Waals surface area contributed by atoms with Gasteiger partial charge in [-0.3, -0.25) is 19.3 Å². The van der Waals surface area contributed by atoms with Crippen LogP contribution in [0.1, 0.15) is 5.82 Å². The topological polar surface area (TPSA) is 102 Å². The highest BCUT2D eigenvalue weighted by Gasteiger charge is 2.11. The van der Waals surface area contributed by atoms with E-state index in [0.717, 1.165) is 0 Å². The first-order valence-corrected chi connectivity index (χ1v) is 7.85. The second-order valence-corrected chi connectivity index (χ2v) is 5.35. The number of hydrogen-bond donors (Lipinski definition) is 2. The van der Waals surface area contributed by atoms with Crippen molar-refractivity contribution in [2.75, 3.05) is 0 Å². The number of nitrogens with one attached hydrogen (secondary N) is 1. The van der Waals surface area contributed by atoms with Gasteiger partial charge in [0.05, 0.1) is 22.8 Å². The number of nitrogens with zero attached hydrogens (tertiary/aromatic N) is 3. The summed E-state index contributed by atoms with van der Waals surface area (Å²) in [4.78, 5) is 28.5. The Morgan fingerprint density at radius 3 is 2.62 bits per heavy atom. The summed E-state index contributed by atoms with van der Waals surface area (Å²) in [6, 6.07) is 16.1. The van der Waals surface area contributed by atoms with Crippen molar-refractivity contribution in [3.63, 3.8) is 0 Å². The lowest BCUT2D eigenvalue weighted by molar-refractivity contribution is 0.261. The van der Waals surface area contributed by atoms with E-state index in [2.05, 4.69) is 15.5 Å². The minimum Gasteiger partial charge on any atom is -0.269 e. The Bertz CT molecular complexity index is 969. The van der Waals surface area contributed by atoms with E-state index in [1.165, 1.54) is 10.8 Å². The second-order valence-electron chi connectivity index (χ2n) is 4.74. The van der Waals surface area contributed by atoms with Gasteiger partial charge >= 0.3 is 5.24 Å². The molecule has 0 bridgehead atoms. The van der Waals surface area contributed by atoms with Gasteiger partial charge in [-0.1, -0.05) is 30.3 Å². The first kappa shape index (κ1) is 15.9. The van der Waals surface area contributed by atoms with Crippen LogP contribution in [0.5, 0.6) is 0 Å². The molecule has 3 N–H and O–H groups in total. The molecule has 1 amide bonds. The van der Waals surface area contributed by atoms with Crippen LogP contribution in [0.3, 0.4) is 0 Å². The predicted octanol–water partition coefficient (Wildman–Crippen LogP) is 2.04. The van der Waals surface area contributed by atoms with Crippen molar-refractivity contribution in [3.05, 3.63) is 70.8 Å². The maximum atomic E-state index is 12.9. The minimum absolute atomic E-state index is 0.215. The zero-order valence-electron chi connectivity index (χ0n) is 12.4. The first-order chi connectivity index (χ1) is 11.7.